The summed E-state index contributed by atoms with van der Waals surface area (Å²) in [7, 11) is 0. The van der Waals surface area contributed by atoms with Gasteiger partial charge in [0, 0.05) is 30.7 Å². The standard InChI is InChI=1S/C19H20Cl2N4O3/c20-14-7-8-16(15(21)13-14)28-12-3-6-18(26)22-9-4-11-25-19(27)24-10-2-1-5-17(24)23-25/h1-2,5,7-8,10,13H,3-4,6,9,11-12H2,(H,22,26). The third-order valence-electron chi connectivity index (χ3n) is 4.06. The van der Waals surface area contributed by atoms with Gasteiger partial charge in [-0.25, -0.2) is 9.48 Å². The molecule has 1 aromatic carbocycles. The number of amides is 1. The number of ether oxygens (including phenoxy) is 1. The molecule has 0 spiro atoms. The summed E-state index contributed by atoms with van der Waals surface area (Å²) in [6.45, 7) is 1.30. The van der Waals surface area contributed by atoms with Gasteiger partial charge in [0.15, 0.2) is 5.65 Å². The lowest BCUT2D eigenvalue weighted by atomic mass is 10.3. The molecule has 0 bridgehead atoms. The SMILES string of the molecule is O=C(CCCOc1ccc(Cl)cc1Cl)NCCCn1nc2ccccn2c1=O. The van der Waals surface area contributed by atoms with Crippen LogP contribution in [0.2, 0.25) is 10.0 Å². The van der Waals surface area contributed by atoms with Gasteiger partial charge in [-0.1, -0.05) is 29.3 Å². The first kappa shape index (κ1) is 20.2. The van der Waals surface area contributed by atoms with Gasteiger partial charge in [0.25, 0.3) is 0 Å². The van der Waals surface area contributed by atoms with Crippen molar-refractivity contribution in [1.29, 1.82) is 0 Å². The van der Waals surface area contributed by atoms with Crippen LogP contribution >= 0.6 is 23.2 Å². The number of benzene rings is 1. The van der Waals surface area contributed by atoms with Gasteiger partial charge in [-0.2, -0.15) is 0 Å². The first-order valence-electron chi connectivity index (χ1n) is 8.93. The Balaban J connectivity index is 1.33. The van der Waals surface area contributed by atoms with Crippen molar-refractivity contribution in [3.05, 3.63) is 63.1 Å². The molecule has 1 amide bonds. The number of nitrogens with zero attached hydrogens (tertiary/aromatic N) is 3. The fourth-order valence-corrected chi connectivity index (χ4v) is 3.13. The van der Waals surface area contributed by atoms with Gasteiger partial charge in [-0.3, -0.25) is 9.20 Å². The second-order valence-electron chi connectivity index (χ2n) is 6.16. The summed E-state index contributed by atoms with van der Waals surface area (Å²) in [5.41, 5.74) is 0.428. The van der Waals surface area contributed by atoms with E-state index in [0.717, 1.165) is 0 Å². The van der Waals surface area contributed by atoms with Crippen LogP contribution < -0.4 is 15.7 Å². The van der Waals surface area contributed by atoms with E-state index in [4.69, 9.17) is 27.9 Å². The Bertz CT molecular complexity index is 1020. The van der Waals surface area contributed by atoms with E-state index in [1.54, 1.807) is 36.5 Å². The van der Waals surface area contributed by atoms with E-state index in [0.29, 0.717) is 60.4 Å². The van der Waals surface area contributed by atoms with Gasteiger partial charge >= 0.3 is 5.69 Å². The third-order valence-corrected chi connectivity index (χ3v) is 4.59. The minimum absolute atomic E-state index is 0.0619. The molecule has 2 aromatic heterocycles. The number of aryl methyl sites for hydroxylation is 1. The first-order chi connectivity index (χ1) is 13.5. The zero-order chi connectivity index (χ0) is 19.9. The minimum atomic E-state index is -0.181. The highest BCUT2D eigenvalue weighted by atomic mass is 35.5. The number of hydrogen-bond donors (Lipinski definition) is 1. The van der Waals surface area contributed by atoms with Gasteiger partial charge in [-0.15, -0.1) is 5.10 Å². The second-order valence-corrected chi connectivity index (χ2v) is 7.01. The average molecular weight is 423 g/mol. The van der Waals surface area contributed by atoms with Crippen LogP contribution in [0.5, 0.6) is 5.75 Å². The van der Waals surface area contributed by atoms with Crippen molar-refractivity contribution < 1.29 is 9.53 Å². The minimum Gasteiger partial charge on any atom is -0.492 e. The van der Waals surface area contributed by atoms with Crippen molar-refractivity contribution in [2.45, 2.75) is 25.8 Å². The van der Waals surface area contributed by atoms with Crippen molar-refractivity contribution >= 4 is 34.8 Å². The van der Waals surface area contributed by atoms with Crippen LogP contribution in [0.25, 0.3) is 5.65 Å². The second kappa shape index (κ2) is 9.61. The number of fused-ring (bicyclic) bond motifs is 1. The van der Waals surface area contributed by atoms with Crippen LogP contribution in [0.3, 0.4) is 0 Å². The largest absolute Gasteiger partial charge is 0.492 e. The van der Waals surface area contributed by atoms with Crippen molar-refractivity contribution in [3.8, 4) is 5.75 Å². The van der Waals surface area contributed by atoms with E-state index in [-0.39, 0.29) is 11.6 Å². The summed E-state index contributed by atoms with van der Waals surface area (Å²) >= 11 is 11.9. The summed E-state index contributed by atoms with van der Waals surface area (Å²) in [4.78, 5) is 24.0. The molecule has 0 aliphatic carbocycles. The Hall–Kier alpha value is -2.51. The Morgan fingerprint density at radius 1 is 1.18 bits per heavy atom. The molecule has 0 saturated carbocycles. The van der Waals surface area contributed by atoms with Crippen LogP contribution in [-0.2, 0) is 11.3 Å². The van der Waals surface area contributed by atoms with Crippen LogP contribution in [0.4, 0.5) is 0 Å². The Morgan fingerprint density at radius 2 is 2.04 bits per heavy atom. The molecule has 148 valence electrons. The summed E-state index contributed by atoms with van der Waals surface area (Å²) in [5, 5.41) is 8.07. The van der Waals surface area contributed by atoms with Gasteiger partial charge in [0.05, 0.1) is 11.6 Å². The quantitative estimate of drug-likeness (QED) is 0.537. The topological polar surface area (TPSA) is 77.6 Å². The molecule has 0 saturated heterocycles. The fourth-order valence-electron chi connectivity index (χ4n) is 2.67. The molecule has 0 unspecified atom stereocenters. The van der Waals surface area contributed by atoms with Gasteiger partial charge < -0.3 is 10.1 Å². The van der Waals surface area contributed by atoms with E-state index < -0.39 is 0 Å². The smallest absolute Gasteiger partial charge is 0.350 e. The molecule has 0 radical (unpaired) electrons. The van der Waals surface area contributed by atoms with Crippen molar-refractivity contribution in [2.75, 3.05) is 13.2 Å². The highest BCUT2D eigenvalue weighted by molar-refractivity contribution is 6.35. The molecule has 7 nitrogen and oxygen atoms in total. The molecule has 2 heterocycles. The summed E-state index contributed by atoms with van der Waals surface area (Å²) in [5.74, 6) is 0.484. The number of hydrogen-bond acceptors (Lipinski definition) is 4. The zero-order valence-corrected chi connectivity index (χ0v) is 16.6. The lowest BCUT2D eigenvalue weighted by Crippen LogP contribution is -2.27. The molecule has 0 atom stereocenters. The number of nitrogens with one attached hydrogen (secondary N) is 1. The first-order valence-corrected chi connectivity index (χ1v) is 9.69. The highest BCUT2D eigenvalue weighted by Crippen LogP contribution is 2.27. The molecule has 0 aliphatic rings. The monoisotopic (exact) mass is 422 g/mol. The molecule has 9 heteroatoms. The average Bonchev–Trinajstić information content (AvgIpc) is 3.00. The van der Waals surface area contributed by atoms with E-state index in [9.17, 15) is 9.59 Å². The number of halogens is 2. The predicted octanol–water partition coefficient (Wildman–Crippen LogP) is 3.17. The fraction of sp³-hybridized carbons (Fsp3) is 0.316. The molecule has 28 heavy (non-hydrogen) atoms. The molecule has 3 aromatic rings. The van der Waals surface area contributed by atoms with Crippen molar-refractivity contribution in [3.63, 3.8) is 0 Å². The van der Waals surface area contributed by atoms with Crippen molar-refractivity contribution in [2.24, 2.45) is 0 Å². The number of pyridine rings is 1. The molecular formula is C19H20Cl2N4O3. The maximum atomic E-state index is 12.1. The molecule has 1 N–H and O–H groups in total. The molecular weight excluding hydrogens is 403 g/mol. The normalized spacial score (nSPS) is 10.9. The molecule has 0 fully saturated rings. The predicted molar refractivity (Wildman–Crippen MR) is 108 cm³/mol. The van der Waals surface area contributed by atoms with Crippen LogP contribution in [0.15, 0.2) is 47.4 Å². The Labute approximate surface area is 171 Å². The van der Waals surface area contributed by atoms with Gasteiger partial charge in [-0.05, 0) is 43.2 Å². The van der Waals surface area contributed by atoms with E-state index in [1.165, 1.54) is 9.08 Å². The number of aromatic nitrogens is 3. The third kappa shape index (κ3) is 5.27. The maximum absolute atomic E-state index is 12.1. The Morgan fingerprint density at radius 3 is 2.82 bits per heavy atom. The Kier molecular flexibility index (Phi) is 6.95. The van der Waals surface area contributed by atoms with Crippen LogP contribution in [0, 0.1) is 0 Å². The van der Waals surface area contributed by atoms with Gasteiger partial charge in [0.2, 0.25) is 5.91 Å². The lowest BCUT2D eigenvalue weighted by molar-refractivity contribution is -0.121. The summed E-state index contributed by atoms with van der Waals surface area (Å²) in [6, 6.07) is 10.4. The lowest BCUT2D eigenvalue weighted by Gasteiger charge is -2.08. The van der Waals surface area contributed by atoms with E-state index >= 15 is 0 Å². The molecule has 3 rings (SSSR count). The van der Waals surface area contributed by atoms with Crippen LogP contribution in [-0.4, -0.2) is 33.2 Å². The van der Waals surface area contributed by atoms with Crippen molar-refractivity contribution in [1.82, 2.24) is 19.5 Å². The summed E-state index contributed by atoms with van der Waals surface area (Å²) in [6.07, 6.45) is 3.21. The van der Waals surface area contributed by atoms with Gasteiger partial charge in [0.1, 0.15) is 5.75 Å². The number of rotatable bonds is 9. The number of carbonyl (C=O) groups excluding carboxylic acids is 1. The van der Waals surface area contributed by atoms with Crippen LogP contribution in [0.1, 0.15) is 19.3 Å². The summed E-state index contributed by atoms with van der Waals surface area (Å²) < 4.78 is 8.45. The molecule has 0 aliphatic heterocycles. The van der Waals surface area contributed by atoms with E-state index in [2.05, 4.69) is 10.4 Å². The zero-order valence-electron chi connectivity index (χ0n) is 15.1. The highest BCUT2D eigenvalue weighted by Gasteiger charge is 2.07. The van der Waals surface area contributed by atoms with E-state index in [1.807, 2.05) is 6.07 Å². The maximum Gasteiger partial charge on any atom is 0.350 e. The number of carbonyl (C=O) groups is 1.